The Kier molecular flexibility index (Phi) is 4.87. The number of aryl methyl sites for hydroxylation is 1. The van der Waals surface area contributed by atoms with Crippen LogP contribution in [0.1, 0.15) is 5.69 Å². The van der Waals surface area contributed by atoms with E-state index in [0.717, 1.165) is 11.8 Å². The van der Waals surface area contributed by atoms with Gasteiger partial charge in [-0.15, -0.1) is 0 Å². The van der Waals surface area contributed by atoms with Crippen LogP contribution in [0.25, 0.3) is 0 Å². The monoisotopic (exact) mass is 324 g/mol. The molecule has 1 amide bonds. The molecule has 6 nitrogen and oxygen atoms in total. The van der Waals surface area contributed by atoms with E-state index < -0.39 is 0 Å². The molecule has 0 fully saturated rings. The molecule has 0 spiro atoms. The zero-order valence-corrected chi connectivity index (χ0v) is 12.7. The second-order valence-electron chi connectivity index (χ2n) is 4.27. The number of nitrogens with two attached hydrogens (primary N) is 1. The number of anilines is 2. The van der Waals surface area contributed by atoms with Gasteiger partial charge in [-0.1, -0.05) is 23.4 Å². The fraction of sp³-hybridized carbons (Fsp3) is 0.154. The van der Waals surface area contributed by atoms with Gasteiger partial charge in [0.2, 0.25) is 5.91 Å². The lowest BCUT2D eigenvalue weighted by atomic mass is 10.3. The topological polar surface area (TPSA) is 101 Å². The lowest BCUT2D eigenvalue weighted by Crippen LogP contribution is -2.15. The molecule has 0 aliphatic carbocycles. The first kappa shape index (κ1) is 15.4. The predicted molar refractivity (Wildman–Crippen MR) is 84.8 cm³/mol. The van der Waals surface area contributed by atoms with E-state index in [4.69, 9.17) is 17.3 Å². The number of rotatable bonds is 4. The highest BCUT2D eigenvalue weighted by molar-refractivity contribution is 7.99. The number of nitrogens with zero attached hydrogens (tertiary/aromatic N) is 1. The quantitative estimate of drug-likeness (QED) is 0.454. The Hall–Kier alpha value is -1.99. The molecule has 2 aromatic rings. The van der Waals surface area contributed by atoms with E-state index in [1.54, 1.807) is 25.1 Å². The van der Waals surface area contributed by atoms with Crippen LogP contribution in [0.5, 0.6) is 0 Å². The molecule has 1 aromatic carbocycles. The van der Waals surface area contributed by atoms with Crippen LogP contribution in [0.2, 0.25) is 5.02 Å². The Bertz CT molecular complexity index is 732. The van der Waals surface area contributed by atoms with Crippen molar-refractivity contribution in [3.05, 3.63) is 45.3 Å². The number of hydrogen-bond acceptors (Lipinski definition) is 5. The number of thioether (sulfide) groups is 1. The summed E-state index contributed by atoms with van der Waals surface area (Å²) in [4.78, 5) is 29.8. The van der Waals surface area contributed by atoms with Gasteiger partial charge in [-0.3, -0.25) is 9.59 Å². The molecule has 0 atom stereocenters. The van der Waals surface area contributed by atoms with Gasteiger partial charge in [-0.2, -0.15) is 0 Å². The number of carbonyl (C=O) groups excluding carboxylic acids is 1. The zero-order chi connectivity index (χ0) is 15.4. The molecule has 0 bridgehead atoms. The van der Waals surface area contributed by atoms with Crippen LogP contribution >= 0.6 is 23.4 Å². The minimum atomic E-state index is -0.240. The highest BCUT2D eigenvalue weighted by Crippen LogP contribution is 2.22. The van der Waals surface area contributed by atoms with E-state index in [1.165, 1.54) is 6.07 Å². The third-order valence-electron chi connectivity index (χ3n) is 2.47. The molecule has 0 unspecified atom stereocenters. The summed E-state index contributed by atoms with van der Waals surface area (Å²) in [5.74, 6) is -0.111. The van der Waals surface area contributed by atoms with Gasteiger partial charge in [0.05, 0.1) is 16.5 Å². The van der Waals surface area contributed by atoms with Gasteiger partial charge in [-0.05, 0) is 25.1 Å². The van der Waals surface area contributed by atoms with Crippen LogP contribution in [0.4, 0.5) is 11.4 Å². The molecule has 21 heavy (non-hydrogen) atoms. The van der Waals surface area contributed by atoms with E-state index in [-0.39, 0.29) is 17.2 Å². The van der Waals surface area contributed by atoms with Crippen molar-refractivity contribution in [2.45, 2.75) is 12.1 Å². The van der Waals surface area contributed by atoms with Crippen molar-refractivity contribution in [1.29, 1.82) is 0 Å². The Morgan fingerprint density at radius 2 is 2.24 bits per heavy atom. The molecule has 1 aromatic heterocycles. The summed E-state index contributed by atoms with van der Waals surface area (Å²) in [5, 5.41) is 3.53. The number of nitrogen functional groups attached to an aromatic ring is 1. The Labute approximate surface area is 130 Å². The fourth-order valence-corrected chi connectivity index (χ4v) is 2.41. The van der Waals surface area contributed by atoms with Crippen LogP contribution in [-0.2, 0) is 4.79 Å². The van der Waals surface area contributed by atoms with Gasteiger partial charge in [-0.25, -0.2) is 4.98 Å². The molecular formula is C13H13ClN4O2S. The van der Waals surface area contributed by atoms with Gasteiger partial charge in [0.15, 0.2) is 5.16 Å². The van der Waals surface area contributed by atoms with E-state index >= 15 is 0 Å². The minimum Gasteiger partial charge on any atom is -0.397 e. The third-order valence-corrected chi connectivity index (χ3v) is 3.69. The van der Waals surface area contributed by atoms with Crippen molar-refractivity contribution in [3.63, 3.8) is 0 Å². The number of benzene rings is 1. The van der Waals surface area contributed by atoms with Crippen LogP contribution in [-0.4, -0.2) is 21.6 Å². The maximum atomic E-state index is 11.8. The largest absolute Gasteiger partial charge is 0.397 e. The summed E-state index contributed by atoms with van der Waals surface area (Å²) in [6.07, 6.45) is 0. The van der Waals surface area contributed by atoms with Gasteiger partial charge in [0.25, 0.3) is 5.56 Å². The fourth-order valence-electron chi connectivity index (χ4n) is 1.57. The van der Waals surface area contributed by atoms with Gasteiger partial charge >= 0.3 is 0 Å². The Balaban J connectivity index is 1.95. The standard InChI is InChI=1S/C13H13ClN4O2S/c1-7-4-11(19)18-13(16-7)21-6-12(20)17-8-2-3-9(14)10(15)5-8/h2-5H,6,15H2,1H3,(H,17,20)(H,16,18,19). The van der Waals surface area contributed by atoms with Gasteiger partial charge in [0, 0.05) is 17.4 Å². The number of H-pyrrole nitrogens is 1. The SMILES string of the molecule is Cc1cc(=O)[nH]c(SCC(=O)Nc2ccc(Cl)c(N)c2)n1. The molecule has 1 heterocycles. The van der Waals surface area contributed by atoms with Crippen molar-refractivity contribution in [2.75, 3.05) is 16.8 Å². The maximum absolute atomic E-state index is 11.8. The molecule has 4 N–H and O–H groups in total. The smallest absolute Gasteiger partial charge is 0.251 e. The summed E-state index contributed by atoms with van der Waals surface area (Å²) in [6, 6.07) is 6.24. The number of nitrogens with one attached hydrogen (secondary N) is 2. The summed E-state index contributed by atoms with van der Waals surface area (Å²) in [5.41, 5.74) is 6.98. The number of amides is 1. The molecule has 0 aliphatic rings. The first-order chi connectivity index (χ1) is 9.94. The van der Waals surface area contributed by atoms with Gasteiger partial charge < -0.3 is 16.0 Å². The first-order valence-electron chi connectivity index (χ1n) is 5.99. The van der Waals surface area contributed by atoms with E-state index in [0.29, 0.717) is 27.2 Å². The molecular weight excluding hydrogens is 312 g/mol. The van der Waals surface area contributed by atoms with Crippen molar-refractivity contribution >= 4 is 40.6 Å². The van der Waals surface area contributed by atoms with Crippen LogP contribution in [0, 0.1) is 6.92 Å². The van der Waals surface area contributed by atoms with Crippen LogP contribution < -0.4 is 16.6 Å². The second kappa shape index (κ2) is 6.64. The number of aromatic amines is 1. The van der Waals surface area contributed by atoms with Crippen LogP contribution in [0.3, 0.4) is 0 Å². The molecule has 8 heteroatoms. The Morgan fingerprint density at radius 3 is 2.90 bits per heavy atom. The summed E-state index contributed by atoms with van der Waals surface area (Å²) in [7, 11) is 0. The number of carbonyl (C=O) groups is 1. The zero-order valence-electron chi connectivity index (χ0n) is 11.1. The van der Waals surface area contributed by atoms with Crippen molar-refractivity contribution in [1.82, 2.24) is 9.97 Å². The number of aromatic nitrogens is 2. The number of halogens is 1. The van der Waals surface area contributed by atoms with Crippen molar-refractivity contribution in [2.24, 2.45) is 0 Å². The lowest BCUT2D eigenvalue weighted by Gasteiger charge is -2.06. The van der Waals surface area contributed by atoms with E-state index in [2.05, 4.69) is 15.3 Å². The highest BCUT2D eigenvalue weighted by atomic mass is 35.5. The average Bonchev–Trinajstić information content (AvgIpc) is 2.40. The predicted octanol–water partition coefficient (Wildman–Crippen LogP) is 2.04. The molecule has 0 aliphatic heterocycles. The molecule has 110 valence electrons. The highest BCUT2D eigenvalue weighted by Gasteiger charge is 2.07. The molecule has 2 rings (SSSR count). The molecule has 0 saturated heterocycles. The third kappa shape index (κ3) is 4.51. The minimum absolute atomic E-state index is 0.120. The van der Waals surface area contributed by atoms with E-state index in [9.17, 15) is 9.59 Å². The summed E-state index contributed by atoms with van der Waals surface area (Å²) < 4.78 is 0. The van der Waals surface area contributed by atoms with Crippen molar-refractivity contribution in [3.8, 4) is 0 Å². The summed E-state index contributed by atoms with van der Waals surface area (Å²) >= 11 is 6.95. The normalized spacial score (nSPS) is 10.4. The molecule has 0 saturated carbocycles. The maximum Gasteiger partial charge on any atom is 0.251 e. The lowest BCUT2D eigenvalue weighted by molar-refractivity contribution is -0.113. The Morgan fingerprint density at radius 1 is 1.48 bits per heavy atom. The number of hydrogen-bond donors (Lipinski definition) is 3. The summed E-state index contributed by atoms with van der Waals surface area (Å²) in [6.45, 7) is 1.72. The molecule has 0 radical (unpaired) electrons. The second-order valence-corrected chi connectivity index (χ2v) is 5.64. The van der Waals surface area contributed by atoms with Crippen molar-refractivity contribution < 1.29 is 4.79 Å². The van der Waals surface area contributed by atoms with Crippen LogP contribution in [0.15, 0.2) is 34.2 Å². The van der Waals surface area contributed by atoms with Gasteiger partial charge in [0.1, 0.15) is 0 Å². The average molecular weight is 325 g/mol. The van der Waals surface area contributed by atoms with E-state index in [1.807, 2.05) is 0 Å². The first-order valence-corrected chi connectivity index (χ1v) is 7.36.